The lowest BCUT2D eigenvalue weighted by atomic mass is 10.1. The van der Waals surface area contributed by atoms with Gasteiger partial charge in [-0.1, -0.05) is 12.8 Å². The van der Waals surface area contributed by atoms with Crippen LogP contribution in [0.3, 0.4) is 0 Å². The lowest BCUT2D eigenvalue weighted by molar-refractivity contribution is -0.0711. The normalized spacial score (nSPS) is 26.0. The molecule has 0 amide bonds. The zero-order valence-corrected chi connectivity index (χ0v) is 14.6. The number of nitrogens with zero attached hydrogens (tertiary/aromatic N) is 4. The summed E-state index contributed by atoms with van der Waals surface area (Å²) in [6, 6.07) is 0. The molecule has 2 aromatic heterocycles. The average molecular weight is 366 g/mol. The molecule has 1 fully saturated rings. The van der Waals surface area contributed by atoms with Crippen molar-refractivity contribution < 1.29 is 19.7 Å². The molecular weight excluding hydrogens is 340 g/mol. The van der Waals surface area contributed by atoms with E-state index in [0.29, 0.717) is 24.3 Å². The number of aliphatic hydroxyl groups excluding tert-OH is 2. The number of aromatic nitrogens is 4. The maximum Gasteiger partial charge on any atom is 0.167 e. The minimum absolute atomic E-state index is 0.267. The second-order valence-corrected chi connectivity index (χ2v) is 6.36. The lowest BCUT2D eigenvalue weighted by Crippen LogP contribution is -2.35. The smallest absolute Gasteiger partial charge is 0.167 e. The highest BCUT2D eigenvalue weighted by atomic mass is 16.6. The van der Waals surface area contributed by atoms with E-state index in [1.807, 2.05) is 0 Å². The third-order valence-electron chi connectivity index (χ3n) is 4.56. The quantitative estimate of drug-likeness (QED) is 0.432. The number of fused-ring (bicyclic) bond motifs is 1. The van der Waals surface area contributed by atoms with E-state index in [9.17, 15) is 10.2 Å². The predicted octanol–water partition coefficient (Wildman–Crippen LogP) is -0.437. The molecule has 0 spiro atoms. The van der Waals surface area contributed by atoms with Crippen LogP contribution < -0.4 is 11.5 Å². The largest absolute Gasteiger partial charge is 0.394 e. The molecule has 4 atom stereocenters. The number of unbranched alkanes of at least 4 members (excludes halogenated alkanes) is 3. The number of rotatable bonds is 9. The van der Waals surface area contributed by atoms with Gasteiger partial charge in [-0.15, -0.1) is 0 Å². The summed E-state index contributed by atoms with van der Waals surface area (Å²) in [5, 5.41) is 19.9. The number of imidazole rings is 1. The molecule has 1 aliphatic rings. The molecule has 3 rings (SSSR count). The number of ether oxygens (including phenoxy) is 2. The first-order valence-corrected chi connectivity index (χ1v) is 8.86. The van der Waals surface area contributed by atoms with Crippen LogP contribution in [0.15, 0.2) is 12.7 Å². The third-order valence-corrected chi connectivity index (χ3v) is 4.56. The maximum atomic E-state index is 10.5. The molecule has 1 saturated heterocycles. The van der Waals surface area contributed by atoms with E-state index in [1.165, 1.54) is 12.7 Å². The third kappa shape index (κ3) is 3.79. The van der Waals surface area contributed by atoms with Crippen LogP contribution in [0.2, 0.25) is 0 Å². The summed E-state index contributed by atoms with van der Waals surface area (Å²) >= 11 is 0. The first kappa shape index (κ1) is 18.9. The second kappa shape index (κ2) is 8.69. The Morgan fingerprint density at radius 1 is 1.19 bits per heavy atom. The highest BCUT2D eigenvalue weighted by molar-refractivity contribution is 5.81. The molecule has 0 aliphatic carbocycles. The minimum Gasteiger partial charge on any atom is -0.394 e. The average Bonchev–Trinajstić information content (AvgIpc) is 3.20. The number of nitrogen functional groups attached to an aromatic ring is 1. The minimum atomic E-state index is -0.953. The van der Waals surface area contributed by atoms with E-state index in [-0.39, 0.29) is 12.4 Å². The monoisotopic (exact) mass is 366 g/mol. The molecule has 144 valence electrons. The van der Waals surface area contributed by atoms with Gasteiger partial charge in [0.15, 0.2) is 17.7 Å². The molecule has 0 aromatic carbocycles. The Labute approximate surface area is 151 Å². The number of hydrogen-bond donors (Lipinski definition) is 4. The van der Waals surface area contributed by atoms with E-state index < -0.39 is 24.5 Å². The molecular formula is C16H26N6O4. The molecule has 1 aliphatic heterocycles. The van der Waals surface area contributed by atoms with Crippen molar-refractivity contribution in [2.45, 2.75) is 50.2 Å². The Hall–Kier alpha value is -1.85. The van der Waals surface area contributed by atoms with E-state index in [2.05, 4.69) is 15.0 Å². The summed E-state index contributed by atoms with van der Waals surface area (Å²) < 4.78 is 13.4. The molecule has 0 bridgehead atoms. The summed E-state index contributed by atoms with van der Waals surface area (Å²) in [5.41, 5.74) is 12.3. The van der Waals surface area contributed by atoms with Crippen LogP contribution in [-0.4, -0.2) is 67.8 Å². The SMILES string of the molecule is NCCCCCCO[C@@H]1[C@H](O)[C@@H](CO)O[C@H]1n1cnc2c(N)ncnc21. The van der Waals surface area contributed by atoms with Crippen molar-refractivity contribution in [1.82, 2.24) is 19.5 Å². The van der Waals surface area contributed by atoms with Crippen molar-refractivity contribution in [3.8, 4) is 0 Å². The Kier molecular flexibility index (Phi) is 6.33. The predicted molar refractivity (Wildman–Crippen MR) is 94.0 cm³/mol. The zero-order chi connectivity index (χ0) is 18.5. The summed E-state index contributed by atoms with van der Waals surface area (Å²) in [7, 11) is 0. The standard InChI is InChI=1S/C16H26N6O4/c17-5-3-1-2-4-6-25-13-12(24)10(7-23)26-16(13)22-9-21-11-14(18)19-8-20-15(11)22/h8-10,12-13,16,23-24H,1-7,17H2,(H2,18,19,20)/t10-,12-,13-,16-/m1/s1. The highest BCUT2D eigenvalue weighted by Gasteiger charge is 2.45. The summed E-state index contributed by atoms with van der Waals surface area (Å²) in [5.74, 6) is 0.267. The van der Waals surface area contributed by atoms with E-state index in [0.717, 1.165) is 25.7 Å². The lowest BCUT2D eigenvalue weighted by Gasteiger charge is -2.22. The summed E-state index contributed by atoms with van der Waals surface area (Å²) in [6.45, 7) is 0.862. The number of hydrogen-bond acceptors (Lipinski definition) is 9. The number of aliphatic hydroxyl groups is 2. The van der Waals surface area contributed by atoms with Crippen LogP contribution in [0.5, 0.6) is 0 Å². The van der Waals surface area contributed by atoms with Gasteiger partial charge in [0, 0.05) is 6.61 Å². The Balaban J connectivity index is 1.73. The van der Waals surface area contributed by atoms with E-state index in [4.69, 9.17) is 20.9 Å². The van der Waals surface area contributed by atoms with Gasteiger partial charge in [0.2, 0.25) is 0 Å². The number of anilines is 1. The Morgan fingerprint density at radius 2 is 2.00 bits per heavy atom. The van der Waals surface area contributed by atoms with Gasteiger partial charge in [-0.05, 0) is 19.4 Å². The molecule has 10 heteroatoms. The van der Waals surface area contributed by atoms with E-state index in [1.54, 1.807) is 4.57 Å². The molecule has 10 nitrogen and oxygen atoms in total. The second-order valence-electron chi connectivity index (χ2n) is 6.36. The van der Waals surface area contributed by atoms with Crippen molar-refractivity contribution in [2.75, 3.05) is 25.5 Å². The summed E-state index contributed by atoms with van der Waals surface area (Å²) in [4.78, 5) is 12.3. The van der Waals surface area contributed by atoms with Crippen LogP contribution in [-0.2, 0) is 9.47 Å². The van der Waals surface area contributed by atoms with Gasteiger partial charge in [-0.3, -0.25) is 4.57 Å². The highest BCUT2D eigenvalue weighted by Crippen LogP contribution is 2.34. The van der Waals surface area contributed by atoms with Gasteiger partial charge < -0.3 is 31.2 Å². The van der Waals surface area contributed by atoms with Gasteiger partial charge in [-0.2, -0.15) is 0 Å². The Morgan fingerprint density at radius 3 is 2.77 bits per heavy atom. The number of nitrogens with two attached hydrogens (primary N) is 2. The van der Waals surface area contributed by atoms with Crippen LogP contribution in [0.25, 0.3) is 11.2 Å². The maximum absolute atomic E-state index is 10.5. The fourth-order valence-corrected chi connectivity index (χ4v) is 3.15. The topological polar surface area (TPSA) is 155 Å². The molecule has 0 radical (unpaired) electrons. The van der Waals surface area contributed by atoms with Gasteiger partial charge in [0.05, 0.1) is 12.9 Å². The Bertz CT molecular complexity index is 711. The van der Waals surface area contributed by atoms with Crippen LogP contribution in [0.1, 0.15) is 31.9 Å². The van der Waals surface area contributed by atoms with Crippen LogP contribution >= 0.6 is 0 Å². The molecule has 0 unspecified atom stereocenters. The first-order valence-electron chi connectivity index (χ1n) is 8.86. The van der Waals surface area contributed by atoms with Crippen molar-refractivity contribution in [1.29, 1.82) is 0 Å². The van der Waals surface area contributed by atoms with Gasteiger partial charge in [0.1, 0.15) is 30.2 Å². The van der Waals surface area contributed by atoms with Gasteiger partial charge in [-0.25, -0.2) is 15.0 Å². The fourth-order valence-electron chi connectivity index (χ4n) is 3.15. The van der Waals surface area contributed by atoms with Gasteiger partial charge >= 0.3 is 0 Å². The first-order chi connectivity index (χ1) is 12.7. The fraction of sp³-hybridized carbons (Fsp3) is 0.688. The van der Waals surface area contributed by atoms with Crippen molar-refractivity contribution in [3.05, 3.63) is 12.7 Å². The van der Waals surface area contributed by atoms with Crippen LogP contribution in [0, 0.1) is 0 Å². The molecule has 0 saturated carbocycles. The molecule has 3 heterocycles. The van der Waals surface area contributed by atoms with Crippen molar-refractivity contribution in [3.63, 3.8) is 0 Å². The summed E-state index contributed by atoms with van der Waals surface area (Å²) in [6.07, 6.45) is 3.79. The van der Waals surface area contributed by atoms with Crippen molar-refractivity contribution >= 4 is 17.0 Å². The van der Waals surface area contributed by atoms with Crippen molar-refractivity contribution in [2.24, 2.45) is 5.73 Å². The zero-order valence-electron chi connectivity index (χ0n) is 14.6. The molecule has 6 N–H and O–H groups in total. The van der Waals surface area contributed by atoms with Gasteiger partial charge in [0.25, 0.3) is 0 Å². The van der Waals surface area contributed by atoms with Crippen LogP contribution in [0.4, 0.5) is 5.82 Å². The van der Waals surface area contributed by atoms with E-state index >= 15 is 0 Å². The molecule has 26 heavy (non-hydrogen) atoms. The molecule has 2 aromatic rings.